The van der Waals surface area contributed by atoms with E-state index >= 15 is 0 Å². The number of amides is 1. The van der Waals surface area contributed by atoms with Gasteiger partial charge in [-0.25, -0.2) is 9.18 Å². The Morgan fingerprint density at radius 2 is 1.88 bits per heavy atom. The maximum absolute atomic E-state index is 13.8. The minimum atomic E-state index is -0.683. The van der Waals surface area contributed by atoms with Gasteiger partial charge in [-0.3, -0.25) is 9.97 Å². The fourth-order valence-corrected chi connectivity index (χ4v) is 4.05. The van der Waals surface area contributed by atoms with Gasteiger partial charge in [0.25, 0.3) is 0 Å². The number of hydrogen-bond donors (Lipinski definition) is 1. The van der Waals surface area contributed by atoms with Crippen LogP contribution in [0.15, 0.2) is 42.7 Å². The van der Waals surface area contributed by atoms with E-state index in [2.05, 4.69) is 29.1 Å². The first-order valence-electron chi connectivity index (χ1n) is 11.2. The molecule has 3 aromatic rings. The van der Waals surface area contributed by atoms with Gasteiger partial charge in [0, 0.05) is 17.1 Å². The molecule has 0 radical (unpaired) electrons. The Bertz CT molecular complexity index is 1180. The largest absolute Gasteiger partial charge is 0.488 e. The number of rotatable bonds is 7. The van der Waals surface area contributed by atoms with Crippen LogP contribution < -0.4 is 10.1 Å². The fraction of sp³-hybridized carbons (Fsp3) is 0.423. The molecule has 0 aliphatic heterocycles. The molecular weight excluding hydrogens is 457 g/mol. The number of pyridine rings is 2. The van der Waals surface area contributed by atoms with E-state index < -0.39 is 17.2 Å². The standard InChI is InChI=1S/C26H31ClFN3O3/c1-16(2)13-26(6,31-24(32)34-25(3,4)5)15-33-23-14-30-22(12-20(23)27)18-9-10-29-21-8-7-17(28)11-19(18)21/h7-12,14,16H,13,15H2,1-6H3,(H,31,32). The van der Waals surface area contributed by atoms with Crippen molar-refractivity contribution in [3.63, 3.8) is 0 Å². The summed E-state index contributed by atoms with van der Waals surface area (Å²) in [5.74, 6) is 0.338. The van der Waals surface area contributed by atoms with Gasteiger partial charge >= 0.3 is 6.09 Å². The highest BCUT2D eigenvalue weighted by atomic mass is 35.5. The predicted molar refractivity (Wildman–Crippen MR) is 133 cm³/mol. The summed E-state index contributed by atoms with van der Waals surface area (Å²) < 4.78 is 25.2. The van der Waals surface area contributed by atoms with Crippen LogP contribution in [0.2, 0.25) is 5.02 Å². The summed E-state index contributed by atoms with van der Waals surface area (Å²) in [7, 11) is 0. The van der Waals surface area contributed by atoms with Crippen LogP contribution in [0.5, 0.6) is 5.75 Å². The molecule has 182 valence electrons. The molecule has 0 bridgehead atoms. The molecule has 0 aliphatic rings. The average Bonchev–Trinajstić information content (AvgIpc) is 2.70. The molecule has 8 heteroatoms. The number of alkyl carbamates (subject to hydrolysis) is 1. The van der Waals surface area contributed by atoms with Gasteiger partial charge in [-0.2, -0.15) is 0 Å². The number of ether oxygens (including phenoxy) is 2. The van der Waals surface area contributed by atoms with Gasteiger partial charge < -0.3 is 14.8 Å². The van der Waals surface area contributed by atoms with Crippen LogP contribution in [-0.4, -0.2) is 33.8 Å². The summed E-state index contributed by atoms with van der Waals surface area (Å²) in [6.45, 7) is 11.7. The molecule has 0 saturated heterocycles. The molecule has 3 rings (SSSR count). The SMILES string of the molecule is CC(C)CC(C)(COc1cnc(-c2ccnc3ccc(F)cc23)cc1Cl)NC(=O)OC(C)(C)C. The second-order valence-corrected chi connectivity index (χ2v) is 10.5. The number of hydrogen-bond acceptors (Lipinski definition) is 5. The summed E-state index contributed by atoms with van der Waals surface area (Å²) in [6, 6.07) is 7.87. The van der Waals surface area contributed by atoms with Crippen molar-refractivity contribution in [3.8, 4) is 17.0 Å². The van der Waals surface area contributed by atoms with E-state index in [1.807, 2.05) is 27.7 Å². The first-order chi connectivity index (χ1) is 15.8. The monoisotopic (exact) mass is 487 g/mol. The Kier molecular flexibility index (Phi) is 7.66. The summed E-state index contributed by atoms with van der Waals surface area (Å²) >= 11 is 6.52. The van der Waals surface area contributed by atoms with Gasteiger partial charge in [0.15, 0.2) is 5.75 Å². The summed E-state index contributed by atoms with van der Waals surface area (Å²) in [6.07, 6.45) is 3.35. The fourth-order valence-electron chi connectivity index (χ4n) is 3.85. The van der Waals surface area contributed by atoms with E-state index in [1.54, 1.807) is 24.4 Å². The third-order valence-electron chi connectivity index (χ3n) is 5.01. The zero-order chi connectivity index (χ0) is 25.1. The lowest BCUT2D eigenvalue weighted by atomic mass is 9.91. The third kappa shape index (κ3) is 6.79. The van der Waals surface area contributed by atoms with Gasteiger partial charge in [0.1, 0.15) is 18.0 Å². The minimum absolute atomic E-state index is 0.175. The van der Waals surface area contributed by atoms with Crippen LogP contribution in [0, 0.1) is 11.7 Å². The van der Waals surface area contributed by atoms with Crippen LogP contribution in [-0.2, 0) is 4.74 Å². The van der Waals surface area contributed by atoms with Crippen molar-refractivity contribution in [2.45, 2.75) is 59.1 Å². The molecular formula is C26H31ClFN3O3. The van der Waals surface area contributed by atoms with Gasteiger partial charge in [0.2, 0.25) is 0 Å². The Balaban J connectivity index is 1.80. The summed E-state index contributed by atoms with van der Waals surface area (Å²) in [5.41, 5.74) is 0.667. The smallest absolute Gasteiger partial charge is 0.408 e. The van der Waals surface area contributed by atoms with E-state index in [0.29, 0.717) is 45.3 Å². The Hall–Kier alpha value is -2.93. The summed E-state index contributed by atoms with van der Waals surface area (Å²) in [5, 5.41) is 3.94. The normalized spacial score (nSPS) is 13.6. The number of carbonyl (C=O) groups is 1. The molecule has 1 aromatic carbocycles. The van der Waals surface area contributed by atoms with Crippen molar-refractivity contribution in [3.05, 3.63) is 53.6 Å². The van der Waals surface area contributed by atoms with Crippen molar-refractivity contribution >= 4 is 28.6 Å². The molecule has 2 heterocycles. The first kappa shape index (κ1) is 25.7. The molecule has 0 spiro atoms. The maximum Gasteiger partial charge on any atom is 0.408 e. The third-order valence-corrected chi connectivity index (χ3v) is 5.30. The lowest BCUT2D eigenvalue weighted by molar-refractivity contribution is 0.0408. The molecule has 1 unspecified atom stereocenters. The number of fused-ring (bicyclic) bond motifs is 1. The predicted octanol–water partition coefficient (Wildman–Crippen LogP) is 6.80. The molecule has 2 aromatic heterocycles. The van der Waals surface area contributed by atoms with E-state index in [-0.39, 0.29) is 12.4 Å². The highest BCUT2D eigenvalue weighted by Crippen LogP contribution is 2.32. The minimum Gasteiger partial charge on any atom is -0.488 e. The van der Waals surface area contributed by atoms with E-state index in [9.17, 15) is 9.18 Å². The van der Waals surface area contributed by atoms with Gasteiger partial charge in [-0.1, -0.05) is 25.4 Å². The second-order valence-electron chi connectivity index (χ2n) is 10.1. The maximum atomic E-state index is 13.8. The first-order valence-corrected chi connectivity index (χ1v) is 11.6. The van der Waals surface area contributed by atoms with E-state index in [1.165, 1.54) is 18.3 Å². The molecule has 1 N–H and O–H groups in total. The van der Waals surface area contributed by atoms with Crippen LogP contribution in [0.25, 0.3) is 22.2 Å². The number of nitrogens with one attached hydrogen (secondary N) is 1. The molecule has 0 fully saturated rings. The second kappa shape index (κ2) is 10.1. The number of aromatic nitrogens is 2. The molecule has 1 atom stereocenters. The lowest BCUT2D eigenvalue weighted by Gasteiger charge is -2.33. The van der Waals surface area contributed by atoms with Crippen molar-refractivity contribution in [1.82, 2.24) is 15.3 Å². The van der Waals surface area contributed by atoms with Crippen molar-refractivity contribution < 1.29 is 18.7 Å². The topological polar surface area (TPSA) is 73.3 Å². The zero-order valence-electron chi connectivity index (χ0n) is 20.4. The number of nitrogens with zero attached hydrogens (tertiary/aromatic N) is 2. The van der Waals surface area contributed by atoms with Gasteiger partial charge in [-0.15, -0.1) is 0 Å². The molecule has 34 heavy (non-hydrogen) atoms. The Labute approximate surface area is 204 Å². The summed E-state index contributed by atoms with van der Waals surface area (Å²) in [4.78, 5) is 21.2. The average molecular weight is 488 g/mol. The van der Waals surface area contributed by atoms with Crippen LogP contribution in [0.1, 0.15) is 48.0 Å². The lowest BCUT2D eigenvalue weighted by Crippen LogP contribution is -2.52. The van der Waals surface area contributed by atoms with Crippen LogP contribution in [0.4, 0.5) is 9.18 Å². The van der Waals surface area contributed by atoms with Crippen molar-refractivity contribution in [1.29, 1.82) is 0 Å². The van der Waals surface area contributed by atoms with E-state index in [0.717, 1.165) is 0 Å². The number of carbonyl (C=O) groups excluding carboxylic acids is 1. The van der Waals surface area contributed by atoms with Gasteiger partial charge in [0.05, 0.1) is 28.0 Å². The molecule has 0 aliphatic carbocycles. The highest BCUT2D eigenvalue weighted by Gasteiger charge is 2.31. The number of benzene rings is 1. The highest BCUT2D eigenvalue weighted by molar-refractivity contribution is 6.32. The zero-order valence-corrected chi connectivity index (χ0v) is 21.2. The van der Waals surface area contributed by atoms with Crippen LogP contribution >= 0.6 is 11.6 Å². The van der Waals surface area contributed by atoms with Crippen LogP contribution in [0.3, 0.4) is 0 Å². The Morgan fingerprint density at radius 1 is 1.15 bits per heavy atom. The molecule has 6 nitrogen and oxygen atoms in total. The molecule has 0 saturated carbocycles. The van der Waals surface area contributed by atoms with Gasteiger partial charge in [-0.05, 0) is 70.4 Å². The van der Waals surface area contributed by atoms with Crippen molar-refractivity contribution in [2.24, 2.45) is 5.92 Å². The quantitative estimate of drug-likeness (QED) is 0.396. The Morgan fingerprint density at radius 3 is 2.53 bits per heavy atom. The van der Waals surface area contributed by atoms with Crippen molar-refractivity contribution in [2.75, 3.05) is 6.61 Å². The van der Waals surface area contributed by atoms with E-state index in [4.69, 9.17) is 21.1 Å². The number of halogens is 2. The molecule has 1 amide bonds.